The van der Waals surface area contributed by atoms with E-state index in [0.29, 0.717) is 48.0 Å². The number of nitrogens with zero attached hydrogens (tertiary/aromatic N) is 2. The number of nitrogens with one attached hydrogen (secondary N) is 1. The summed E-state index contributed by atoms with van der Waals surface area (Å²) in [4.78, 5) is 29.5. The largest absolute Gasteiger partial charge is 0.486 e. The van der Waals surface area contributed by atoms with Crippen molar-refractivity contribution < 1.29 is 19.4 Å². The minimum Gasteiger partial charge on any atom is -0.486 e. The first-order valence-corrected chi connectivity index (χ1v) is 10.3. The van der Waals surface area contributed by atoms with Crippen molar-refractivity contribution in [2.24, 2.45) is 5.73 Å². The summed E-state index contributed by atoms with van der Waals surface area (Å²) in [6.45, 7) is 3.49. The number of aromatic nitrogens is 3. The number of carboxylic acid groups (broad SMARTS) is 1. The first-order chi connectivity index (χ1) is 15.5. The van der Waals surface area contributed by atoms with E-state index in [1.54, 1.807) is 6.07 Å². The Morgan fingerprint density at radius 1 is 1.22 bits per heavy atom. The molecule has 0 aliphatic carbocycles. The van der Waals surface area contributed by atoms with Gasteiger partial charge in [0.2, 0.25) is 0 Å². The Hall–Kier alpha value is -3.85. The fourth-order valence-electron chi connectivity index (χ4n) is 3.69. The van der Waals surface area contributed by atoms with E-state index in [9.17, 15) is 4.79 Å². The average molecular weight is 436 g/mol. The van der Waals surface area contributed by atoms with Gasteiger partial charge in [-0.2, -0.15) is 0 Å². The van der Waals surface area contributed by atoms with Crippen molar-refractivity contribution in [3.63, 3.8) is 0 Å². The molecule has 9 nitrogen and oxygen atoms in total. The lowest BCUT2D eigenvalue weighted by Crippen LogP contribution is -2.16. The highest BCUT2D eigenvalue weighted by molar-refractivity contribution is 5.96. The molecule has 0 saturated carbocycles. The van der Waals surface area contributed by atoms with E-state index >= 15 is 0 Å². The van der Waals surface area contributed by atoms with Crippen LogP contribution in [-0.4, -0.2) is 45.4 Å². The lowest BCUT2D eigenvalue weighted by atomic mass is 10.1. The maximum atomic E-state index is 12.8. The van der Waals surface area contributed by atoms with Gasteiger partial charge in [-0.3, -0.25) is 9.59 Å². The summed E-state index contributed by atoms with van der Waals surface area (Å²) in [5.74, 6) is 0.442. The van der Waals surface area contributed by atoms with Crippen LogP contribution in [0.1, 0.15) is 13.3 Å². The molecular weight excluding hydrogens is 412 g/mol. The highest BCUT2D eigenvalue weighted by Gasteiger charge is 2.18. The zero-order chi connectivity index (χ0) is 22.7. The van der Waals surface area contributed by atoms with Gasteiger partial charge in [-0.25, -0.2) is 4.98 Å². The van der Waals surface area contributed by atoms with E-state index in [4.69, 9.17) is 25.1 Å². The molecule has 0 fully saturated rings. The number of fused-ring (bicyclic) bond motifs is 3. The Morgan fingerprint density at radius 3 is 2.62 bits per heavy atom. The smallest absolute Gasteiger partial charge is 0.300 e. The summed E-state index contributed by atoms with van der Waals surface area (Å²) in [6, 6.07) is 11.6. The predicted octanol–water partition coefficient (Wildman–Crippen LogP) is 2.76. The van der Waals surface area contributed by atoms with Crippen LogP contribution in [0, 0.1) is 0 Å². The van der Waals surface area contributed by atoms with Gasteiger partial charge < -0.3 is 29.9 Å². The summed E-state index contributed by atoms with van der Waals surface area (Å²) in [6.07, 6.45) is 2.85. The average Bonchev–Trinajstić information content (AvgIpc) is 3.14. The third-order valence-electron chi connectivity index (χ3n) is 5.00. The zero-order valence-corrected chi connectivity index (χ0v) is 17.6. The number of ether oxygens (including phenoxy) is 2. The van der Waals surface area contributed by atoms with Gasteiger partial charge in [0.15, 0.2) is 11.5 Å². The van der Waals surface area contributed by atoms with Crippen molar-refractivity contribution >= 4 is 27.9 Å². The molecule has 166 valence electrons. The van der Waals surface area contributed by atoms with Crippen LogP contribution >= 0.6 is 0 Å². The van der Waals surface area contributed by atoms with E-state index in [2.05, 4.69) is 14.5 Å². The number of para-hydroxylation sites is 1. The summed E-state index contributed by atoms with van der Waals surface area (Å²) in [5.41, 5.74) is 9.01. The molecule has 4 aromatic rings. The van der Waals surface area contributed by atoms with E-state index < -0.39 is 5.97 Å². The fraction of sp³-hybridized carbons (Fsp3) is 0.261. The predicted molar refractivity (Wildman–Crippen MR) is 121 cm³/mol. The van der Waals surface area contributed by atoms with Crippen LogP contribution in [0.15, 0.2) is 47.4 Å². The monoisotopic (exact) mass is 436 g/mol. The Bertz CT molecular complexity index is 1340. The number of H-pyrrole nitrogens is 1. The Morgan fingerprint density at radius 2 is 1.91 bits per heavy atom. The SMILES string of the molecule is CC(=O)O.NCCCn1cc(-c2nc3cc4c(cc3[nH]c2=O)OCCO4)c2ccccc21. The molecule has 0 saturated heterocycles. The molecule has 9 heteroatoms. The highest BCUT2D eigenvalue weighted by Crippen LogP contribution is 2.34. The molecule has 0 spiro atoms. The molecule has 1 aliphatic heterocycles. The second-order valence-electron chi connectivity index (χ2n) is 7.34. The van der Waals surface area contributed by atoms with Gasteiger partial charge in [0.1, 0.15) is 18.9 Å². The van der Waals surface area contributed by atoms with Crippen molar-refractivity contribution in [2.75, 3.05) is 19.8 Å². The molecule has 2 aromatic carbocycles. The molecular formula is C23H24N4O5. The third kappa shape index (κ3) is 4.28. The van der Waals surface area contributed by atoms with Crippen molar-refractivity contribution in [3.8, 4) is 22.8 Å². The van der Waals surface area contributed by atoms with Crippen LogP contribution in [0.3, 0.4) is 0 Å². The molecule has 0 amide bonds. The number of aromatic amines is 1. The molecule has 3 heterocycles. The van der Waals surface area contributed by atoms with E-state index in [1.165, 1.54) is 0 Å². The molecule has 2 aromatic heterocycles. The highest BCUT2D eigenvalue weighted by atomic mass is 16.6. The third-order valence-corrected chi connectivity index (χ3v) is 5.00. The molecule has 5 rings (SSSR count). The fourth-order valence-corrected chi connectivity index (χ4v) is 3.69. The quantitative estimate of drug-likeness (QED) is 0.448. The number of aryl methyl sites for hydroxylation is 1. The van der Waals surface area contributed by atoms with Gasteiger partial charge in [0.25, 0.3) is 11.5 Å². The number of carboxylic acids is 1. The van der Waals surface area contributed by atoms with E-state index in [1.807, 2.05) is 36.5 Å². The summed E-state index contributed by atoms with van der Waals surface area (Å²) in [7, 11) is 0. The molecule has 0 unspecified atom stereocenters. The van der Waals surface area contributed by atoms with Crippen LogP contribution in [0.25, 0.3) is 33.2 Å². The molecule has 0 atom stereocenters. The second kappa shape index (κ2) is 9.11. The number of nitrogens with two attached hydrogens (primary N) is 1. The van der Waals surface area contributed by atoms with Gasteiger partial charge >= 0.3 is 0 Å². The minimum absolute atomic E-state index is 0.231. The van der Waals surface area contributed by atoms with Crippen LogP contribution in [-0.2, 0) is 11.3 Å². The number of aliphatic carboxylic acids is 1. The molecule has 0 bridgehead atoms. The van der Waals surface area contributed by atoms with Gasteiger partial charge in [-0.1, -0.05) is 18.2 Å². The Kier molecular flexibility index (Phi) is 6.09. The number of rotatable bonds is 4. The van der Waals surface area contributed by atoms with Crippen LogP contribution in [0.2, 0.25) is 0 Å². The summed E-state index contributed by atoms with van der Waals surface area (Å²) >= 11 is 0. The van der Waals surface area contributed by atoms with Gasteiger partial charge in [-0.05, 0) is 19.0 Å². The summed E-state index contributed by atoms with van der Waals surface area (Å²) in [5, 5.41) is 8.41. The number of hydrogen-bond donors (Lipinski definition) is 3. The number of hydrogen-bond acceptors (Lipinski definition) is 6. The Balaban J connectivity index is 0.000000567. The first kappa shape index (κ1) is 21.4. The minimum atomic E-state index is -0.833. The molecule has 1 aliphatic rings. The van der Waals surface area contributed by atoms with Crippen molar-refractivity contribution in [1.82, 2.24) is 14.5 Å². The zero-order valence-electron chi connectivity index (χ0n) is 17.6. The lowest BCUT2D eigenvalue weighted by molar-refractivity contribution is -0.134. The van der Waals surface area contributed by atoms with Gasteiger partial charge in [0, 0.05) is 48.3 Å². The van der Waals surface area contributed by atoms with E-state index in [-0.39, 0.29) is 5.56 Å². The second-order valence-corrected chi connectivity index (χ2v) is 7.34. The van der Waals surface area contributed by atoms with Crippen LogP contribution < -0.4 is 20.8 Å². The van der Waals surface area contributed by atoms with Gasteiger partial charge in [-0.15, -0.1) is 0 Å². The topological polar surface area (TPSA) is 132 Å². The molecule has 4 N–H and O–H groups in total. The maximum Gasteiger partial charge on any atom is 0.300 e. The van der Waals surface area contributed by atoms with E-state index in [0.717, 1.165) is 36.4 Å². The molecule has 0 radical (unpaired) electrons. The summed E-state index contributed by atoms with van der Waals surface area (Å²) < 4.78 is 13.4. The van der Waals surface area contributed by atoms with Crippen molar-refractivity contribution in [1.29, 1.82) is 0 Å². The molecule has 32 heavy (non-hydrogen) atoms. The maximum absolute atomic E-state index is 12.8. The first-order valence-electron chi connectivity index (χ1n) is 10.3. The van der Waals surface area contributed by atoms with Crippen LogP contribution in [0.4, 0.5) is 0 Å². The normalized spacial score (nSPS) is 12.4. The number of carbonyl (C=O) groups is 1. The number of benzene rings is 2. The van der Waals surface area contributed by atoms with Crippen molar-refractivity contribution in [2.45, 2.75) is 19.9 Å². The lowest BCUT2D eigenvalue weighted by Gasteiger charge is -2.18. The van der Waals surface area contributed by atoms with Crippen LogP contribution in [0.5, 0.6) is 11.5 Å². The standard InChI is InChI=1S/C21H20N4O3.C2H4O2/c22-6-3-7-25-12-14(13-4-1-2-5-17(13)25)20-21(26)24-16-11-19-18(10-15(16)23-20)27-8-9-28-19;1-2(3)4/h1-2,4-5,10-12H,3,6-9,22H2,(H,24,26);1H3,(H,3,4). The Labute approximate surface area is 183 Å². The van der Waals surface area contributed by atoms with Gasteiger partial charge in [0.05, 0.1) is 11.0 Å². The van der Waals surface area contributed by atoms with Crippen molar-refractivity contribution in [3.05, 3.63) is 52.9 Å².